The molecule has 0 N–H and O–H groups in total. The number of methoxy groups -OCH3 is 1. The number of hydrogen-bond donors (Lipinski definition) is 0. The van der Waals surface area contributed by atoms with Gasteiger partial charge in [0.05, 0.1) is 18.2 Å². The van der Waals surface area contributed by atoms with Gasteiger partial charge in [-0.25, -0.2) is 0 Å². The molecular weight excluding hydrogens is 285 g/mol. The van der Waals surface area contributed by atoms with Crippen LogP contribution >= 0.6 is 0 Å². The van der Waals surface area contributed by atoms with E-state index in [4.69, 9.17) is 4.74 Å². The molecule has 0 atom stereocenters. The van der Waals surface area contributed by atoms with Crippen molar-refractivity contribution in [2.45, 2.75) is 6.18 Å². The number of carbonyl (C=O) groups is 1. The first kappa shape index (κ1) is 15.6. The summed E-state index contributed by atoms with van der Waals surface area (Å²) in [5.74, 6) is -0.266. The Balaban J connectivity index is 2.30. The first-order valence-corrected chi connectivity index (χ1v) is 6.56. The summed E-state index contributed by atoms with van der Waals surface area (Å²) >= 11 is 0. The Hall–Kier alpha value is -1.76. The van der Waals surface area contributed by atoms with E-state index >= 15 is 0 Å². The summed E-state index contributed by atoms with van der Waals surface area (Å²) in [5, 5.41) is 0. The topological polar surface area (TPSA) is 32.8 Å². The Labute approximate surface area is 121 Å². The Kier molecular flexibility index (Phi) is 4.41. The number of piperazine rings is 1. The lowest BCUT2D eigenvalue weighted by molar-refractivity contribution is -0.137. The Morgan fingerprint density at radius 2 is 1.81 bits per heavy atom. The first-order valence-electron chi connectivity index (χ1n) is 6.56. The van der Waals surface area contributed by atoms with Crippen molar-refractivity contribution in [3.8, 4) is 5.75 Å². The van der Waals surface area contributed by atoms with Crippen LogP contribution in [0.1, 0.15) is 15.9 Å². The second-order valence-corrected chi connectivity index (χ2v) is 5.01. The van der Waals surface area contributed by atoms with Crippen LogP contribution < -0.4 is 4.74 Å². The van der Waals surface area contributed by atoms with Gasteiger partial charge in [0.2, 0.25) is 0 Å². The van der Waals surface area contributed by atoms with E-state index in [1.165, 1.54) is 13.2 Å². The third-order valence-corrected chi connectivity index (χ3v) is 3.55. The highest BCUT2D eigenvalue weighted by Crippen LogP contribution is 2.33. The minimum Gasteiger partial charge on any atom is -0.496 e. The largest absolute Gasteiger partial charge is 0.496 e. The molecule has 0 bridgehead atoms. The van der Waals surface area contributed by atoms with Crippen molar-refractivity contribution in [3.63, 3.8) is 0 Å². The van der Waals surface area contributed by atoms with Gasteiger partial charge in [0.1, 0.15) is 5.75 Å². The summed E-state index contributed by atoms with van der Waals surface area (Å²) in [5.41, 5.74) is -0.891. The van der Waals surface area contributed by atoms with E-state index < -0.39 is 17.6 Å². The van der Waals surface area contributed by atoms with Crippen LogP contribution in [0.5, 0.6) is 5.75 Å². The second-order valence-electron chi connectivity index (χ2n) is 5.01. The Bertz CT molecular complexity index is 523. The molecule has 1 aliphatic heterocycles. The van der Waals surface area contributed by atoms with Crippen LogP contribution in [0.4, 0.5) is 13.2 Å². The van der Waals surface area contributed by atoms with Crippen LogP contribution in [0.25, 0.3) is 0 Å². The molecule has 0 aliphatic carbocycles. The molecule has 1 aromatic carbocycles. The molecule has 4 nitrogen and oxygen atoms in total. The van der Waals surface area contributed by atoms with Crippen LogP contribution in [-0.2, 0) is 6.18 Å². The van der Waals surface area contributed by atoms with Crippen LogP contribution in [0.15, 0.2) is 18.2 Å². The number of alkyl halides is 3. The fraction of sp³-hybridized carbons (Fsp3) is 0.500. The maximum Gasteiger partial charge on any atom is 0.416 e. The number of hydrogen-bond acceptors (Lipinski definition) is 3. The van der Waals surface area contributed by atoms with Crippen molar-refractivity contribution in [1.29, 1.82) is 0 Å². The van der Waals surface area contributed by atoms with E-state index in [2.05, 4.69) is 4.90 Å². The highest BCUT2D eigenvalue weighted by atomic mass is 19.4. The predicted molar refractivity (Wildman–Crippen MR) is 71.4 cm³/mol. The van der Waals surface area contributed by atoms with Crippen LogP contribution in [0, 0.1) is 0 Å². The maximum atomic E-state index is 12.8. The minimum absolute atomic E-state index is 0.0446. The summed E-state index contributed by atoms with van der Waals surface area (Å²) in [4.78, 5) is 16.0. The molecule has 0 radical (unpaired) electrons. The van der Waals surface area contributed by atoms with Gasteiger partial charge in [0.15, 0.2) is 0 Å². The molecule has 1 saturated heterocycles. The lowest BCUT2D eigenvalue weighted by Crippen LogP contribution is -2.47. The van der Waals surface area contributed by atoms with Crippen LogP contribution in [0.2, 0.25) is 0 Å². The highest BCUT2D eigenvalue weighted by Gasteiger charge is 2.33. The third-order valence-electron chi connectivity index (χ3n) is 3.55. The SMILES string of the molecule is COc1ccc(C(F)(F)F)cc1C(=O)N1CCN(C)CC1. The monoisotopic (exact) mass is 302 g/mol. The number of ether oxygens (including phenoxy) is 1. The number of rotatable bonds is 2. The highest BCUT2D eigenvalue weighted by molar-refractivity contribution is 5.97. The zero-order valence-electron chi connectivity index (χ0n) is 11.9. The summed E-state index contributed by atoms with van der Waals surface area (Å²) in [6.07, 6.45) is -4.48. The summed E-state index contributed by atoms with van der Waals surface area (Å²) in [6.45, 7) is 2.39. The zero-order chi connectivity index (χ0) is 15.6. The van der Waals surface area contributed by atoms with Crippen molar-refractivity contribution >= 4 is 5.91 Å². The van der Waals surface area contributed by atoms with E-state index in [1.807, 2.05) is 7.05 Å². The molecule has 1 aliphatic rings. The Morgan fingerprint density at radius 1 is 1.19 bits per heavy atom. The maximum absolute atomic E-state index is 12.8. The number of carbonyl (C=O) groups excluding carboxylic acids is 1. The average Bonchev–Trinajstić information content (AvgIpc) is 2.45. The third kappa shape index (κ3) is 3.47. The minimum atomic E-state index is -4.48. The molecule has 0 spiro atoms. The molecule has 0 saturated carbocycles. The molecule has 1 heterocycles. The van der Waals surface area contributed by atoms with Gasteiger partial charge >= 0.3 is 6.18 Å². The van der Waals surface area contributed by atoms with Gasteiger partial charge in [0, 0.05) is 26.2 Å². The predicted octanol–water partition coefficient (Wildman–Crippen LogP) is 2.10. The van der Waals surface area contributed by atoms with Crippen LogP contribution in [-0.4, -0.2) is 56.0 Å². The van der Waals surface area contributed by atoms with Crippen LogP contribution in [0.3, 0.4) is 0 Å². The van der Waals surface area contributed by atoms with Crippen molar-refractivity contribution in [1.82, 2.24) is 9.80 Å². The number of nitrogens with zero attached hydrogens (tertiary/aromatic N) is 2. The number of likely N-dealkylation sites (N-methyl/N-ethyl adjacent to an activating group) is 1. The van der Waals surface area contributed by atoms with Crippen molar-refractivity contribution in [3.05, 3.63) is 29.3 Å². The number of amides is 1. The van der Waals surface area contributed by atoms with Crippen molar-refractivity contribution < 1.29 is 22.7 Å². The van der Waals surface area contributed by atoms with Gasteiger partial charge in [-0.05, 0) is 25.2 Å². The Morgan fingerprint density at radius 3 is 2.33 bits per heavy atom. The standard InChI is InChI=1S/C14H17F3N2O2/c1-18-5-7-19(8-6-18)13(20)11-9-10(14(15,16)17)3-4-12(11)21-2/h3-4,9H,5-8H2,1-2H3. The summed E-state index contributed by atoms with van der Waals surface area (Å²) in [6, 6.07) is 2.96. The molecule has 2 rings (SSSR count). The fourth-order valence-electron chi connectivity index (χ4n) is 2.23. The van der Waals surface area contributed by atoms with E-state index in [0.29, 0.717) is 26.2 Å². The number of halogens is 3. The fourth-order valence-corrected chi connectivity index (χ4v) is 2.23. The van der Waals surface area contributed by atoms with Gasteiger partial charge < -0.3 is 14.5 Å². The normalized spacial score (nSPS) is 16.9. The average molecular weight is 302 g/mol. The quantitative estimate of drug-likeness (QED) is 0.839. The van der Waals surface area contributed by atoms with Gasteiger partial charge in [-0.2, -0.15) is 13.2 Å². The molecule has 0 unspecified atom stereocenters. The van der Waals surface area contributed by atoms with Gasteiger partial charge in [-0.1, -0.05) is 0 Å². The summed E-state index contributed by atoms with van der Waals surface area (Å²) < 4.78 is 43.4. The van der Waals surface area contributed by atoms with Gasteiger partial charge in [-0.3, -0.25) is 4.79 Å². The molecule has 116 valence electrons. The lowest BCUT2D eigenvalue weighted by atomic mass is 10.1. The first-order chi connectivity index (χ1) is 9.82. The number of benzene rings is 1. The molecule has 21 heavy (non-hydrogen) atoms. The molecule has 0 aromatic heterocycles. The molecule has 1 amide bonds. The molecule has 1 aromatic rings. The smallest absolute Gasteiger partial charge is 0.416 e. The van der Waals surface area contributed by atoms with E-state index in [0.717, 1.165) is 12.1 Å². The molecule has 1 fully saturated rings. The van der Waals surface area contributed by atoms with E-state index in [9.17, 15) is 18.0 Å². The van der Waals surface area contributed by atoms with Crippen molar-refractivity contribution in [2.75, 3.05) is 40.3 Å². The molecular formula is C14H17F3N2O2. The van der Waals surface area contributed by atoms with E-state index in [1.54, 1.807) is 4.90 Å². The van der Waals surface area contributed by atoms with Gasteiger partial charge in [-0.15, -0.1) is 0 Å². The second kappa shape index (κ2) is 5.93. The summed E-state index contributed by atoms with van der Waals surface area (Å²) in [7, 11) is 3.27. The molecule has 7 heteroatoms. The zero-order valence-corrected chi connectivity index (χ0v) is 11.9. The lowest BCUT2D eigenvalue weighted by Gasteiger charge is -2.32. The van der Waals surface area contributed by atoms with Crippen molar-refractivity contribution in [2.24, 2.45) is 0 Å². The van der Waals surface area contributed by atoms with Gasteiger partial charge in [0.25, 0.3) is 5.91 Å². The van der Waals surface area contributed by atoms with E-state index in [-0.39, 0.29) is 11.3 Å².